The molecule has 1 unspecified atom stereocenters. The van der Waals surface area contributed by atoms with Crippen molar-refractivity contribution in [3.05, 3.63) is 28.5 Å². The van der Waals surface area contributed by atoms with Crippen molar-refractivity contribution in [3.63, 3.8) is 0 Å². The Morgan fingerprint density at radius 3 is 2.79 bits per heavy atom. The average Bonchev–Trinajstić information content (AvgIpc) is 2.77. The number of imidazole rings is 1. The van der Waals surface area contributed by atoms with Gasteiger partial charge in [0, 0.05) is 0 Å². The maximum Gasteiger partial charge on any atom is 0.178 e. The van der Waals surface area contributed by atoms with Gasteiger partial charge in [-0.05, 0) is 44.1 Å². The van der Waals surface area contributed by atoms with Crippen molar-refractivity contribution < 1.29 is 8.42 Å². The Morgan fingerprint density at radius 1 is 1.42 bits per heavy atom. The summed E-state index contributed by atoms with van der Waals surface area (Å²) in [5.41, 5.74) is 2.65. The van der Waals surface area contributed by atoms with Crippen LogP contribution in [0.3, 0.4) is 0 Å². The van der Waals surface area contributed by atoms with Crippen molar-refractivity contribution in [2.24, 2.45) is 0 Å². The Balaban J connectivity index is 2.32. The van der Waals surface area contributed by atoms with Crippen LogP contribution in [-0.2, 0) is 15.4 Å². The molecule has 0 radical (unpaired) electrons. The molecule has 2 heterocycles. The summed E-state index contributed by atoms with van der Waals surface area (Å²) in [6.45, 7) is 4.00. The minimum atomic E-state index is -2.96. The third-order valence-corrected chi connectivity index (χ3v) is 6.10. The lowest BCUT2D eigenvalue weighted by atomic mass is 10.0. The highest BCUT2D eigenvalue weighted by Gasteiger charge is 2.41. The van der Waals surface area contributed by atoms with Gasteiger partial charge in [0.15, 0.2) is 14.6 Å². The summed E-state index contributed by atoms with van der Waals surface area (Å²) in [5, 5.41) is 0. The maximum absolute atomic E-state index is 11.8. The zero-order valence-corrected chi connectivity index (χ0v) is 12.6. The van der Waals surface area contributed by atoms with Crippen molar-refractivity contribution in [2.75, 3.05) is 11.5 Å². The molecule has 2 aromatic rings. The summed E-state index contributed by atoms with van der Waals surface area (Å²) in [5.74, 6) is 0.402. The van der Waals surface area contributed by atoms with Gasteiger partial charge in [0.25, 0.3) is 0 Å². The third-order valence-electron chi connectivity index (χ3n) is 3.93. The van der Waals surface area contributed by atoms with E-state index in [0.29, 0.717) is 11.2 Å². The van der Waals surface area contributed by atoms with Crippen molar-refractivity contribution >= 4 is 33.1 Å². The highest BCUT2D eigenvalue weighted by atomic mass is 32.2. The van der Waals surface area contributed by atoms with Crippen LogP contribution in [0, 0.1) is 11.7 Å². The Bertz CT molecular complexity index is 817. The number of sulfone groups is 1. The van der Waals surface area contributed by atoms with Crippen LogP contribution in [0.25, 0.3) is 11.0 Å². The first-order valence-electron chi connectivity index (χ1n) is 6.24. The molecule has 0 spiro atoms. The number of H-pyrrole nitrogens is 1. The van der Waals surface area contributed by atoms with Crippen LogP contribution >= 0.6 is 12.2 Å². The summed E-state index contributed by atoms with van der Waals surface area (Å²) in [7, 11) is -2.96. The number of aryl methyl sites for hydroxylation is 1. The number of nitrogens with zero attached hydrogens (tertiary/aromatic N) is 1. The number of aromatic amines is 1. The fraction of sp³-hybridized carbons (Fsp3) is 0.462. The Kier molecular flexibility index (Phi) is 2.66. The second-order valence-corrected chi connectivity index (χ2v) is 8.15. The fourth-order valence-corrected chi connectivity index (χ4v) is 5.55. The second-order valence-electron chi connectivity index (χ2n) is 5.58. The van der Waals surface area contributed by atoms with Gasteiger partial charge in [0.1, 0.15) is 0 Å². The summed E-state index contributed by atoms with van der Waals surface area (Å²) >= 11 is 5.41. The average molecular weight is 296 g/mol. The molecule has 1 aliphatic rings. The van der Waals surface area contributed by atoms with E-state index in [9.17, 15) is 8.42 Å². The number of nitrogens with one attached hydrogen (secondary N) is 1. The molecular formula is C13H16N2O2S2. The molecule has 1 saturated heterocycles. The summed E-state index contributed by atoms with van der Waals surface area (Å²) < 4.78 is 26.2. The largest absolute Gasteiger partial charge is 0.331 e. The topological polar surface area (TPSA) is 54.9 Å². The molecule has 0 bridgehead atoms. The van der Waals surface area contributed by atoms with Crippen molar-refractivity contribution in [1.29, 1.82) is 0 Å². The molecule has 0 saturated carbocycles. The predicted molar refractivity (Wildman–Crippen MR) is 78.8 cm³/mol. The Hall–Kier alpha value is -1.14. The monoisotopic (exact) mass is 296 g/mol. The van der Waals surface area contributed by atoms with E-state index >= 15 is 0 Å². The van der Waals surface area contributed by atoms with E-state index in [2.05, 4.69) is 4.98 Å². The molecule has 1 aromatic heterocycles. The molecule has 1 fully saturated rings. The number of para-hydroxylation sites is 1. The van der Waals surface area contributed by atoms with Crippen molar-refractivity contribution in [3.8, 4) is 0 Å². The first kappa shape index (κ1) is 12.9. The van der Waals surface area contributed by atoms with Gasteiger partial charge in [0.2, 0.25) is 0 Å². The maximum atomic E-state index is 11.8. The zero-order chi connectivity index (χ0) is 13.8. The first-order valence-corrected chi connectivity index (χ1v) is 8.47. The molecule has 1 aromatic carbocycles. The number of rotatable bonds is 1. The minimum Gasteiger partial charge on any atom is -0.331 e. The SMILES string of the molecule is Cc1cccc2[nH]c(=S)n(C3(C)CCS(=O)(=O)C3)c12. The number of hydrogen-bond donors (Lipinski definition) is 1. The van der Waals surface area contributed by atoms with Gasteiger partial charge in [0.05, 0.1) is 28.1 Å². The standard InChI is InChI=1S/C13H16N2O2S2/c1-9-4-3-5-10-11(9)15(12(18)14-10)13(2)6-7-19(16,17)8-13/h3-5H,6-8H2,1-2H3,(H,14,18). The summed E-state index contributed by atoms with van der Waals surface area (Å²) in [4.78, 5) is 3.18. The molecule has 1 atom stereocenters. The van der Waals surface area contributed by atoms with E-state index in [1.54, 1.807) is 0 Å². The van der Waals surface area contributed by atoms with Crippen LogP contribution in [0.2, 0.25) is 0 Å². The molecule has 4 nitrogen and oxygen atoms in total. The van der Waals surface area contributed by atoms with Gasteiger partial charge in [-0.1, -0.05) is 12.1 Å². The van der Waals surface area contributed by atoms with Gasteiger partial charge in [-0.3, -0.25) is 0 Å². The van der Waals surface area contributed by atoms with E-state index in [1.807, 2.05) is 36.6 Å². The van der Waals surface area contributed by atoms with Crippen molar-refractivity contribution in [2.45, 2.75) is 25.8 Å². The minimum absolute atomic E-state index is 0.162. The molecule has 6 heteroatoms. The third kappa shape index (κ3) is 1.94. The molecule has 1 N–H and O–H groups in total. The zero-order valence-electron chi connectivity index (χ0n) is 10.9. The Morgan fingerprint density at radius 2 is 2.16 bits per heavy atom. The normalized spacial score (nSPS) is 26.0. The quantitative estimate of drug-likeness (QED) is 0.823. The van der Waals surface area contributed by atoms with Crippen LogP contribution < -0.4 is 0 Å². The molecule has 19 heavy (non-hydrogen) atoms. The number of hydrogen-bond acceptors (Lipinski definition) is 3. The molecular weight excluding hydrogens is 280 g/mol. The van der Waals surface area contributed by atoms with Crippen molar-refractivity contribution in [1.82, 2.24) is 9.55 Å². The van der Waals surface area contributed by atoms with Gasteiger partial charge >= 0.3 is 0 Å². The summed E-state index contributed by atoms with van der Waals surface area (Å²) in [6, 6.07) is 5.97. The Labute approximate surface area is 117 Å². The van der Waals surface area contributed by atoms with E-state index in [-0.39, 0.29) is 11.5 Å². The summed E-state index contributed by atoms with van der Waals surface area (Å²) in [6.07, 6.45) is 0.616. The molecule has 0 amide bonds. The molecule has 0 aliphatic carbocycles. The number of aromatic nitrogens is 2. The van der Waals surface area contributed by atoms with E-state index in [1.165, 1.54) is 0 Å². The van der Waals surface area contributed by atoms with Crippen LogP contribution in [0.15, 0.2) is 18.2 Å². The van der Waals surface area contributed by atoms with Gasteiger partial charge in [-0.2, -0.15) is 0 Å². The van der Waals surface area contributed by atoms with Crippen LogP contribution in [0.5, 0.6) is 0 Å². The lowest BCUT2D eigenvalue weighted by Gasteiger charge is -2.25. The molecule has 102 valence electrons. The smallest absolute Gasteiger partial charge is 0.178 e. The van der Waals surface area contributed by atoms with Crippen LogP contribution in [0.1, 0.15) is 18.9 Å². The van der Waals surface area contributed by atoms with Crippen LogP contribution in [0.4, 0.5) is 0 Å². The van der Waals surface area contributed by atoms with Crippen LogP contribution in [-0.4, -0.2) is 29.5 Å². The second kappa shape index (κ2) is 3.93. The predicted octanol–water partition coefficient (Wildman–Crippen LogP) is 2.54. The van der Waals surface area contributed by atoms with E-state index < -0.39 is 15.4 Å². The molecule has 1 aliphatic heterocycles. The highest BCUT2D eigenvalue weighted by molar-refractivity contribution is 7.91. The lowest BCUT2D eigenvalue weighted by molar-refractivity contribution is 0.371. The van der Waals surface area contributed by atoms with E-state index in [0.717, 1.165) is 16.6 Å². The number of benzene rings is 1. The fourth-order valence-electron chi connectivity index (χ4n) is 3.01. The van der Waals surface area contributed by atoms with E-state index in [4.69, 9.17) is 12.2 Å². The van der Waals surface area contributed by atoms with Gasteiger partial charge in [-0.25, -0.2) is 8.42 Å². The highest BCUT2D eigenvalue weighted by Crippen LogP contribution is 2.34. The van der Waals surface area contributed by atoms with Gasteiger partial charge < -0.3 is 9.55 Å². The lowest BCUT2D eigenvalue weighted by Crippen LogP contribution is -2.31. The first-order chi connectivity index (χ1) is 8.82. The molecule has 3 rings (SSSR count). The van der Waals surface area contributed by atoms with Gasteiger partial charge in [-0.15, -0.1) is 0 Å². The number of fused-ring (bicyclic) bond motifs is 1.